The van der Waals surface area contributed by atoms with Crippen LogP contribution < -0.4 is 5.32 Å². The third kappa shape index (κ3) is 2.74. The number of benzene rings is 1. The van der Waals surface area contributed by atoms with Crippen LogP contribution in [0.5, 0.6) is 0 Å². The summed E-state index contributed by atoms with van der Waals surface area (Å²) in [7, 11) is 0. The lowest BCUT2D eigenvalue weighted by Gasteiger charge is -2.29. The molecule has 1 saturated heterocycles. The van der Waals surface area contributed by atoms with Crippen LogP contribution in [0.1, 0.15) is 40.1 Å². The Hall–Kier alpha value is -2.01. The van der Waals surface area contributed by atoms with Crippen molar-refractivity contribution in [3.8, 4) is 0 Å². The normalized spacial score (nSPS) is 22.2. The van der Waals surface area contributed by atoms with Crippen LogP contribution in [0.25, 0.3) is 0 Å². The van der Waals surface area contributed by atoms with Crippen LogP contribution in [0.4, 0.5) is 0 Å². The summed E-state index contributed by atoms with van der Waals surface area (Å²) in [5.74, 6) is -0.992. The van der Waals surface area contributed by atoms with Gasteiger partial charge in [-0.3, -0.25) is 14.9 Å². The molecule has 21 heavy (non-hydrogen) atoms. The van der Waals surface area contributed by atoms with Crippen molar-refractivity contribution in [3.05, 3.63) is 51.5 Å². The molecule has 0 radical (unpaired) electrons. The number of hydrogen-bond acceptors (Lipinski definition) is 4. The Morgan fingerprint density at radius 1 is 1.29 bits per heavy atom. The summed E-state index contributed by atoms with van der Waals surface area (Å²) in [4.78, 5) is 28.6. The third-order valence-electron chi connectivity index (χ3n) is 3.77. The summed E-state index contributed by atoms with van der Waals surface area (Å²) in [5, 5.41) is 5.36. The smallest absolute Gasteiger partial charge is 0.234 e. The first-order valence-electron chi connectivity index (χ1n) is 6.87. The van der Waals surface area contributed by atoms with Crippen molar-refractivity contribution >= 4 is 23.2 Å². The number of carbonyl (C=O) groups excluding carboxylic acids is 2. The first-order chi connectivity index (χ1) is 10.0. The van der Waals surface area contributed by atoms with Gasteiger partial charge < -0.3 is 0 Å². The third-order valence-corrected chi connectivity index (χ3v) is 4.56. The standard InChI is InChI=1S/C16H16N2O2S/c1-9-4-3-5-11(6-9)15-12(7-14(19)18-16(15)20)13-8-21-10(2)17-13/h3-6,8,12,15H,7H2,1-2H3,(H,18,19,20). The van der Waals surface area contributed by atoms with Gasteiger partial charge in [0.2, 0.25) is 11.8 Å². The predicted octanol–water partition coefficient (Wildman–Crippen LogP) is 2.67. The number of hydrogen-bond donors (Lipinski definition) is 1. The van der Waals surface area contributed by atoms with Crippen molar-refractivity contribution in [2.24, 2.45) is 0 Å². The number of nitrogens with one attached hydrogen (secondary N) is 1. The molecular formula is C16H16N2O2S. The van der Waals surface area contributed by atoms with Crippen molar-refractivity contribution in [3.63, 3.8) is 0 Å². The van der Waals surface area contributed by atoms with E-state index in [-0.39, 0.29) is 23.7 Å². The molecule has 1 aliphatic heterocycles. The molecule has 3 rings (SSSR count). The van der Waals surface area contributed by atoms with Gasteiger partial charge in [0.15, 0.2) is 0 Å². The van der Waals surface area contributed by atoms with Gasteiger partial charge in [-0.05, 0) is 19.4 Å². The second-order valence-electron chi connectivity index (χ2n) is 5.41. The summed E-state index contributed by atoms with van der Waals surface area (Å²) < 4.78 is 0. The number of piperidine rings is 1. The lowest BCUT2D eigenvalue weighted by atomic mass is 9.78. The fourth-order valence-electron chi connectivity index (χ4n) is 2.84. The minimum Gasteiger partial charge on any atom is -0.296 e. The van der Waals surface area contributed by atoms with E-state index in [4.69, 9.17) is 0 Å². The average molecular weight is 300 g/mol. The van der Waals surface area contributed by atoms with Crippen molar-refractivity contribution in [1.29, 1.82) is 0 Å². The maximum absolute atomic E-state index is 12.4. The predicted molar refractivity (Wildman–Crippen MR) is 81.3 cm³/mol. The molecule has 0 saturated carbocycles. The van der Waals surface area contributed by atoms with E-state index < -0.39 is 0 Å². The minimum absolute atomic E-state index is 0.182. The summed E-state index contributed by atoms with van der Waals surface area (Å²) in [6.07, 6.45) is 0.299. The van der Waals surface area contributed by atoms with Gasteiger partial charge in [0, 0.05) is 17.7 Å². The van der Waals surface area contributed by atoms with E-state index >= 15 is 0 Å². The van der Waals surface area contributed by atoms with Crippen LogP contribution in [-0.4, -0.2) is 16.8 Å². The van der Waals surface area contributed by atoms with Gasteiger partial charge in [0.05, 0.1) is 16.6 Å². The van der Waals surface area contributed by atoms with Gasteiger partial charge in [-0.15, -0.1) is 11.3 Å². The molecule has 2 unspecified atom stereocenters. The van der Waals surface area contributed by atoms with Crippen molar-refractivity contribution in [2.75, 3.05) is 0 Å². The summed E-state index contributed by atoms with van der Waals surface area (Å²) >= 11 is 1.55. The lowest BCUT2D eigenvalue weighted by molar-refractivity contribution is -0.135. The molecule has 2 heterocycles. The van der Waals surface area contributed by atoms with E-state index in [0.29, 0.717) is 6.42 Å². The zero-order chi connectivity index (χ0) is 15.0. The van der Waals surface area contributed by atoms with Crippen LogP contribution >= 0.6 is 11.3 Å². The fourth-order valence-corrected chi connectivity index (χ4v) is 3.52. The Kier molecular flexibility index (Phi) is 3.59. The van der Waals surface area contributed by atoms with Crippen LogP contribution in [0.15, 0.2) is 29.6 Å². The number of nitrogens with zero attached hydrogens (tertiary/aromatic N) is 1. The molecule has 1 N–H and O–H groups in total. The highest BCUT2D eigenvalue weighted by Gasteiger charge is 2.39. The highest BCUT2D eigenvalue weighted by atomic mass is 32.1. The Balaban J connectivity index is 2.04. The van der Waals surface area contributed by atoms with Crippen LogP contribution in [-0.2, 0) is 9.59 Å². The average Bonchev–Trinajstić information content (AvgIpc) is 2.84. The highest BCUT2D eigenvalue weighted by Crippen LogP contribution is 2.38. The molecule has 1 aromatic carbocycles. The molecule has 1 aromatic heterocycles. The molecule has 2 amide bonds. The number of rotatable bonds is 2. The van der Waals surface area contributed by atoms with Crippen LogP contribution in [0.3, 0.4) is 0 Å². The van der Waals surface area contributed by atoms with Gasteiger partial charge in [-0.1, -0.05) is 29.8 Å². The SMILES string of the molecule is Cc1cccc(C2C(=O)NC(=O)CC2c2csc(C)n2)c1. The molecule has 4 nitrogen and oxygen atoms in total. The Morgan fingerprint density at radius 3 is 2.76 bits per heavy atom. The summed E-state index contributed by atoms with van der Waals surface area (Å²) in [6.45, 7) is 3.93. The number of imide groups is 1. The molecular weight excluding hydrogens is 284 g/mol. The molecule has 0 aliphatic carbocycles. The molecule has 1 fully saturated rings. The number of thiazole rings is 1. The topological polar surface area (TPSA) is 59.1 Å². The molecule has 5 heteroatoms. The van der Waals surface area contributed by atoms with E-state index in [1.807, 2.05) is 43.5 Å². The van der Waals surface area contributed by atoms with Gasteiger partial charge in [-0.25, -0.2) is 4.98 Å². The largest absolute Gasteiger partial charge is 0.296 e. The highest BCUT2D eigenvalue weighted by molar-refractivity contribution is 7.09. The zero-order valence-electron chi connectivity index (χ0n) is 11.9. The second kappa shape index (κ2) is 5.41. The Bertz CT molecular complexity index is 708. The van der Waals surface area contributed by atoms with E-state index in [1.54, 1.807) is 11.3 Å². The van der Waals surface area contributed by atoms with Crippen molar-refractivity contribution in [2.45, 2.75) is 32.1 Å². The molecule has 2 atom stereocenters. The van der Waals surface area contributed by atoms with Crippen LogP contribution in [0, 0.1) is 13.8 Å². The quantitative estimate of drug-likeness (QED) is 0.867. The van der Waals surface area contributed by atoms with Gasteiger partial charge in [-0.2, -0.15) is 0 Å². The number of aryl methyl sites for hydroxylation is 2. The van der Waals surface area contributed by atoms with Gasteiger partial charge in [0.1, 0.15) is 0 Å². The maximum atomic E-state index is 12.4. The maximum Gasteiger partial charge on any atom is 0.234 e. The first-order valence-corrected chi connectivity index (χ1v) is 7.75. The van der Waals surface area contributed by atoms with E-state index in [0.717, 1.165) is 21.8 Å². The molecule has 0 bridgehead atoms. The van der Waals surface area contributed by atoms with Crippen molar-refractivity contribution < 1.29 is 9.59 Å². The summed E-state index contributed by atoms with van der Waals surface area (Å²) in [6, 6.07) is 7.89. The fraction of sp³-hybridized carbons (Fsp3) is 0.312. The van der Waals surface area contributed by atoms with E-state index in [1.165, 1.54) is 0 Å². The Morgan fingerprint density at radius 2 is 2.10 bits per heavy atom. The second-order valence-corrected chi connectivity index (χ2v) is 6.47. The minimum atomic E-state index is -0.357. The Labute approximate surface area is 127 Å². The van der Waals surface area contributed by atoms with Crippen molar-refractivity contribution in [1.82, 2.24) is 10.3 Å². The first kappa shape index (κ1) is 13.9. The number of carbonyl (C=O) groups is 2. The molecule has 2 aromatic rings. The van der Waals surface area contributed by atoms with Gasteiger partial charge in [0.25, 0.3) is 0 Å². The van der Waals surface area contributed by atoms with Crippen LogP contribution in [0.2, 0.25) is 0 Å². The molecule has 1 aliphatic rings. The lowest BCUT2D eigenvalue weighted by Crippen LogP contribution is -2.43. The monoisotopic (exact) mass is 300 g/mol. The number of amides is 2. The van der Waals surface area contributed by atoms with E-state index in [2.05, 4.69) is 10.3 Å². The van der Waals surface area contributed by atoms with E-state index in [9.17, 15) is 9.59 Å². The zero-order valence-corrected chi connectivity index (χ0v) is 12.7. The van der Waals surface area contributed by atoms with Gasteiger partial charge >= 0.3 is 0 Å². The number of aromatic nitrogens is 1. The summed E-state index contributed by atoms with van der Waals surface area (Å²) in [5.41, 5.74) is 2.88. The molecule has 0 spiro atoms. The molecule has 108 valence electrons.